The molecule has 2 rings (SSSR count). The zero-order valence-electron chi connectivity index (χ0n) is 10.2. The standard InChI is InChI=1S/C12H18N2O3/c1-8-7-10(13-14(8)2)12(11(16)17)5-3-9(15)4-6-12/h7,9,15H,3-6H2,1-2H3,(H,16,17). The largest absolute Gasteiger partial charge is 0.481 e. The number of carbonyl (C=O) groups is 1. The van der Waals surface area contributed by atoms with E-state index in [-0.39, 0.29) is 6.10 Å². The summed E-state index contributed by atoms with van der Waals surface area (Å²) < 4.78 is 1.70. The molecular formula is C12H18N2O3. The number of aliphatic carboxylic acids is 1. The van der Waals surface area contributed by atoms with Gasteiger partial charge in [0.1, 0.15) is 5.41 Å². The lowest BCUT2D eigenvalue weighted by Crippen LogP contribution is -2.41. The van der Waals surface area contributed by atoms with Gasteiger partial charge < -0.3 is 10.2 Å². The predicted molar refractivity (Wildman–Crippen MR) is 61.7 cm³/mol. The molecule has 0 radical (unpaired) electrons. The Morgan fingerprint density at radius 2 is 2.12 bits per heavy atom. The van der Waals surface area contributed by atoms with E-state index in [4.69, 9.17) is 0 Å². The number of carboxylic acid groups (broad SMARTS) is 1. The minimum Gasteiger partial charge on any atom is -0.481 e. The normalized spacial score (nSPS) is 29.2. The van der Waals surface area contributed by atoms with Crippen molar-refractivity contribution < 1.29 is 15.0 Å². The van der Waals surface area contributed by atoms with Gasteiger partial charge in [-0.05, 0) is 38.7 Å². The molecule has 0 spiro atoms. The van der Waals surface area contributed by atoms with Crippen LogP contribution in [0, 0.1) is 6.92 Å². The summed E-state index contributed by atoms with van der Waals surface area (Å²) in [6.07, 6.45) is 1.61. The second kappa shape index (κ2) is 4.14. The summed E-state index contributed by atoms with van der Waals surface area (Å²) in [6.45, 7) is 1.91. The highest BCUT2D eigenvalue weighted by atomic mass is 16.4. The van der Waals surface area contributed by atoms with Crippen LogP contribution in [0.5, 0.6) is 0 Å². The molecule has 5 nitrogen and oxygen atoms in total. The average molecular weight is 238 g/mol. The van der Waals surface area contributed by atoms with E-state index in [2.05, 4.69) is 5.10 Å². The van der Waals surface area contributed by atoms with Crippen LogP contribution in [0.25, 0.3) is 0 Å². The van der Waals surface area contributed by atoms with Crippen LogP contribution in [0.1, 0.15) is 37.1 Å². The van der Waals surface area contributed by atoms with Crippen molar-refractivity contribution >= 4 is 5.97 Å². The molecule has 1 aliphatic carbocycles. The summed E-state index contributed by atoms with van der Waals surface area (Å²) >= 11 is 0. The van der Waals surface area contributed by atoms with Crippen LogP contribution >= 0.6 is 0 Å². The molecule has 0 saturated heterocycles. The Bertz CT molecular complexity index is 411. The maximum atomic E-state index is 11.6. The summed E-state index contributed by atoms with van der Waals surface area (Å²) in [5.41, 5.74) is 0.661. The number of hydrogen-bond donors (Lipinski definition) is 2. The zero-order chi connectivity index (χ0) is 12.6. The van der Waals surface area contributed by atoms with E-state index >= 15 is 0 Å². The first-order chi connectivity index (χ1) is 7.95. The maximum absolute atomic E-state index is 11.6. The van der Waals surface area contributed by atoms with E-state index in [1.165, 1.54) is 0 Å². The van der Waals surface area contributed by atoms with E-state index < -0.39 is 11.4 Å². The number of rotatable bonds is 2. The fourth-order valence-corrected chi connectivity index (χ4v) is 2.47. The topological polar surface area (TPSA) is 75.3 Å². The highest BCUT2D eigenvalue weighted by Crippen LogP contribution is 2.39. The Morgan fingerprint density at radius 3 is 2.53 bits per heavy atom. The van der Waals surface area contributed by atoms with Gasteiger partial charge in [0.05, 0.1) is 11.8 Å². The lowest BCUT2D eigenvalue weighted by atomic mass is 9.71. The predicted octanol–water partition coefficient (Wildman–Crippen LogP) is 0.986. The molecule has 0 aromatic carbocycles. The van der Waals surface area contributed by atoms with Gasteiger partial charge in [-0.1, -0.05) is 0 Å². The molecule has 1 fully saturated rings. The van der Waals surface area contributed by atoms with Gasteiger partial charge in [-0.2, -0.15) is 5.10 Å². The molecule has 1 saturated carbocycles. The second-order valence-corrected chi connectivity index (χ2v) is 4.91. The van der Waals surface area contributed by atoms with Crippen molar-refractivity contribution in [2.75, 3.05) is 0 Å². The monoisotopic (exact) mass is 238 g/mol. The molecule has 17 heavy (non-hydrogen) atoms. The third kappa shape index (κ3) is 1.95. The lowest BCUT2D eigenvalue weighted by Gasteiger charge is -2.33. The fourth-order valence-electron chi connectivity index (χ4n) is 2.47. The molecule has 0 bridgehead atoms. The lowest BCUT2D eigenvalue weighted by molar-refractivity contribution is -0.146. The molecule has 1 heterocycles. The van der Waals surface area contributed by atoms with E-state index in [9.17, 15) is 15.0 Å². The first kappa shape index (κ1) is 12.1. The number of hydrogen-bond acceptors (Lipinski definition) is 3. The summed E-state index contributed by atoms with van der Waals surface area (Å²) in [4.78, 5) is 11.6. The average Bonchev–Trinajstić information content (AvgIpc) is 2.60. The van der Waals surface area contributed by atoms with Crippen LogP contribution in [0.4, 0.5) is 0 Å². The van der Waals surface area contributed by atoms with Gasteiger partial charge >= 0.3 is 5.97 Å². The minimum atomic E-state index is -0.911. The van der Waals surface area contributed by atoms with Crippen molar-refractivity contribution in [1.82, 2.24) is 9.78 Å². The third-order valence-corrected chi connectivity index (χ3v) is 3.82. The molecule has 1 aromatic rings. The molecule has 94 valence electrons. The smallest absolute Gasteiger partial charge is 0.315 e. The van der Waals surface area contributed by atoms with E-state index in [0.29, 0.717) is 31.4 Å². The number of aliphatic hydroxyl groups excluding tert-OH is 1. The second-order valence-electron chi connectivity index (χ2n) is 4.91. The van der Waals surface area contributed by atoms with E-state index in [0.717, 1.165) is 5.69 Å². The molecule has 5 heteroatoms. The minimum absolute atomic E-state index is 0.368. The summed E-state index contributed by atoms with van der Waals surface area (Å²) in [7, 11) is 1.81. The number of carboxylic acids is 1. The summed E-state index contributed by atoms with van der Waals surface area (Å²) in [5.74, 6) is -0.831. The maximum Gasteiger partial charge on any atom is 0.315 e. The number of aryl methyl sites for hydroxylation is 2. The van der Waals surface area contributed by atoms with Crippen LogP contribution < -0.4 is 0 Å². The molecule has 2 N–H and O–H groups in total. The van der Waals surface area contributed by atoms with E-state index in [1.807, 2.05) is 20.0 Å². The van der Waals surface area contributed by atoms with Gasteiger partial charge in [0, 0.05) is 12.7 Å². The van der Waals surface area contributed by atoms with Gasteiger partial charge in [-0.25, -0.2) is 0 Å². The Kier molecular flexibility index (Phi) is 2.95. The van der Waals surface area contributed by atoms with Gasteiger partial charge in [-0.3, -0.25) is 9.48 Å². The molecule has 0 unspecified atom stereocenters. The number of aliphatic hydroxyl groups is 1. The molecule has 0 amide bonds. The first-order valence-electron chi connectivity index (χ1n) is 5.88. The van der Waals surface area contributed by atoms with Crippen LogP contribution in [-0.4, -0.2) is 32.1 Å². The van der Waals surface area contributed by atoms with Crippen molar-refractivity contribution in [3.8, 4) is 0 Å². The molecule has 0 aliphatic heterocycles. The van der Waals surface area contributed by atoms with E-state index in [1.54, 1.807) is 4.68 Å². The number of aromatic nitrogens is 2. The number of nitrogens with zero attached hydrogens (tertiary/aromatic N) is 2. The van der Waals surface area contributed by atoms with Crippen LogP contribution in [-0.2, 0) is 17.3 Å². The third-order valence-electron chi connectivity index (χ3n) is 3.82. The Hall–Kier alpha value is -1.36. The van der Waals surface area contributed by atoms with Crippen molar-refractivity contribution in [2.45, 2.75) is 44.1 Å². The van der Waals surface area contributed by atoms with Gasteiger partial charge in [0.2, 0.25) is 0 Å². The Balaban J connectivity index is 2.38. The molecular weight excluding hydrogens is 220 g/mol. The molecule has 1 aliphatic rings. The highest BCUT2D eigenvalue weighted by molar-refractivity contribution is 5.80. The van der Waals surface area contributed by atoms with Gasteiger partial charge in [-0.15, -0.1) is 0 Å². The van der Waals surface area contributed by atoms with Gasteiger partial charge in [0.25, 0.3) is 0 Å². The quantitative estimate of drug-likeness (QED) is 0.805. The summed E-state index contributed by atoms with van der Waals surface area (Å²) in [6, 6.07) is 1.84. The summed E-state index contributed by atoms with van der Waals surface area (Å²) in [5, 5.41) is 23.3. The van der Waals surface area contributed by atoms with Crippen molar-refractivity contribution in [3.05, 3.63) is 17.5 Å². The Labute approximate surface area is 100 Å². The van der Waals surface area contributed by atoms with Crippen LogP contribution in [0.2, 0.25) is 0 Å². The molecule has 1 aromatic heterocycles. The zero-order valence-corrected chi connectivity index (χ0v) is 10.2. The molecule has 0 atom stereocenters. The fraction of sp³-hybridized carbons (Fsp3) is 0.667. The highest BCUT2D eigenvalue weighted by Gasteiger charge is 2.45. The van der Waals surface area contributed by atoms with Crippen LogP contribution in [0.15, 0.2) is 6.07 Å². The SMILES string of the molecule is Cc1cc(C2(C(=O)O)CCC(O)CC2)nn1C. The van der Waals surface area contributed by atoms with Crippen molar-refractivity contribution in [1.29, 1.82) is 0 Å². The first-order valence-corrected chi connectivity index (χ1v) is 5.88. The Morgan fingerprint density at radius 1 is 1.53 bits per heavy atom. The van der Waals surface area contributed by atoms with Gasteiger partial charge in [0.15, 0.2) is 0 Å². The van der Waals surface area contributed by atoms with Crippen molar-refractivity contribution in [3.63, 3.8) is 0 Å². The van der Waals surface area contributed by atoms with Crippen LogP contribution in [0.3, 0.4) is 0 Å². The van der Waals surface area contributed by atoms with Crippen molar-refractivity contribution in [2.24, 2.45) is 7.05 Å².